The van der Waals surface area contributed by atoms with Crippen LogP contribution in [-0.2, 0) is 9.59 Å². The van der Waals surface area contributed by atoms with Crippen LogP contribution in [0.5, 0.6) is 0 Å². The summed E-state index contributed by atoms with van der Waals surface area (Å²) in [5.74, 6) is -0.183. The van der Waals surface area contributed by atoms with E-state index in [-0.39, 0.29) is 23.5 Å². The molecule has 1 aliphatic heterocycles. The van der Waals surface area contributed by atoms with E-state index in [0.29, 0.717) is 18.7 Å². The van der Waals surface area contributed by atoms with Crippen molar-refractivity contribution in [3.05, 3.63) is 47.5 Å². The minimum absolute atomic E-state index is 0.109. The fraction of sp³-hybridized carbons (Fsp3) is 0.412. The molecule has 1 fully saturated rings. The summed E-state index contributed by atoms with van der Waals surface area (Å²) < 4.78 is 12.9. The summed E-state index contributed by atoms with van der Waals surface area (Å²) in [7, 11) is 0. The summed E-state index contributed by atoms with van der Waals surface area (Å²) in [6.45, 7) is 1.89. The van der Waals surface area contributed by atoms with E-state index in [9.17, 15) is 14.0 Å². The molecule has 3 rings (SSSR count). The van der Waals surface area contributed by atoms with Crippen molar-refractivity contribution in [2.24, 2.45) is 5.41 Å². The van der Waals surface area contributed by atoms with Crippen molar-refractivity contribution in [1.82, 2.24) is 10.6 Å². The van der Waals surface area contributed by atoms with Crippen LogP contribution in [0.3, 0.4) is 0 Å². The fourth-order valence-electron chi connectivity index (χ4n) is 3.26. The van der Waals surface area contributed by atoms with Gasteiger partial charge >= 0.3 is 0 Å². The molecule has 1 aliphatic carbocycles. The molecule has 1 amide bonds. The molecule has 1 aromatic carbocycles. The first kappa shape index (κ1) is 14.8. The van der Waals surface area contributed by atoms with Gasteiger partial charge in [0.05, 0.1) is 0 Å². The van der Waals surface area contributed by atoms with Crippen molar-refractivity contribution < 1.29 is 14.0 Å². The normalized spacial score (nSPS) is 21.5. The summed E-state index contributed by atoms with van der Waals surface area (Å²) in [6.07, 6.45) is 4.60. The molecule has 0 aromatic heterocycles. The molecule has 1 aromatic rings. The second kappa shape index (κ2) is 5.55. The summed E-state index contributed by atoms with van der Waals surface area (Å²) >= 11 is 0. The number of hydrogen-bond acceptors (Lipinski definition) is 3. The molecule has 0 saturated heterocycles. The Hall–Kier alpha value is -2.17. The molecule has 22 heavy (non-hydrogen) atoms. The predicted octanol–water partition coefficient (Wildman–Crippen LogP) is 2.58. The lowest BCUT2D eigenvalue weighted by Gasteiger charge is -2.31. The molecule has 1 atom stereocenters. The average Bonchev–Trinajstić information content (AvgIpc) is 2.97. The number of hydrogen-bond donors (Lipinski definition) is 2. The Morgan fingerprint density at radius 3 is 2.41 bits per heavy atom. The molecule has 0 radical (unpaired) electrons. The fourth-order valence-corrected chi connectivity index (χ4v) is 3.26. The van der Waals surface area contributed by atoms with E-state index >= 15 is 0 Å². The lowest BCUT2D eigenvalue weighted by atomic mass is 9.79. The predicted molar refractivity (Wildman–Crippen MR) is 80.1 cm³/mol. The lowest BCUT2D eigenvalue weighted by molar-refractivity contribution is -0.140. The zero-order valence-corrected chi connectivity index (χ0v) is 12.5. The molecular weight excluding hydrogens is 283 g/mol. The number of amides is 1. The Morgan fingerprint density at radius 1 is 1.18 bits per heavy atom. The number of benzene rings is 1. The lowest BCUT2D eigenvalue weighted by Crippen LogP contribution is -2.50. The van der Waals surface area contributed by atoms with E-state index in [1.807, 2.05) is 6.92 Å². The Morgan fingerprint density at radius 2 is 1.82 bits per heavy atom. The molecule has 116 valence electrons. The Kier molecular flexibility index (Phi) is 3.72. The third-order valence-corrected chi connectivity index (χ3v) is 4.63. The van der Waals surface area contributed by atoms with Gasteiger partial charge < -0.3 is 10.6 Å². The number of nitrogens with one attached hydrogen (secondary N) is 2. The number of ketones is 1. The third-order valence-electron chi connectivity index (χ3n) is 4.63. The van der Waals surface area contributed by atoms with Gasteiger partial charge in [0.2, 0.25) is 5.91 Å². The highest BCUT2D eigenvalue weighted by molar-refractivity contribution is 6.14. The van der Waals surface area contributed by atoms with E-state index in [0.717, 1.165) is 18.4 Å². The van der Waals surface area contributed by atoms with Crippen LogP contribution in [-0.4, -0.2) is 11.7 Å². The SMILES string of the molecule is C[C@H](NC1=CC(=O)C2(CCCC2)C(=O)N1)c1ccc(F)cc1. The molecule has 0 bridgehead atoms. The van der Waals surface area contributed by atoms with E-state index in [1.165, 1.54) is 18.2 Å². The van der Waals surface area contributed by atoms with Crippen molar-refractivity contribution in [3.63, 3.8) is 0 Å². The topological polar surface area (TPSA) is 58.2 Å². The van der Waals surface area contributed by atoms with Crippen LogP contribution in [0.4, 0.5) is 4.39 Å². The molecule has 4 nitrogen and oxygen atoms in total. The molecule has 0 unspecified atom stereocenters. The summed E-state index contributed by atoms with van der Waals surface area (Å²) in [6, 6.07) is 5.99. The van der Waals surface area contributed by atoms with Gasteiger partial charge in [0.15, 0.2) is 5.78 Å². The Bertz CT molecular complexity index is 631. The smallest absolute Gasteiger partial charge is 0.239 e. The quantitative estimate of drug-likeness (QED) is 0.844. The molecule has 2 N–H and O–H groups in total. The van der Waals surface area contributed by atoms with Crippen LogP contribution in [0.25, 0.3) is 0 Å². The third kappa shape index (κ3) is 2.51. The minimum Gasteiger partial charge on any atom is -0.365 e. The van der Waals surface area contributed by atoms with Gasteiger partial charge in [-0.15, -0.1) is 0 Å². The molecule has 1 saturated carbocycles. The first-order valence-electron chi connectivity index (χ1n) is 7.61. The van der Waals surface area contributed by atoms with Gasteiger partial charge in [-0.25, -0.2) is 4.39 Å². The largest absolute Gasteiger partial charge is 0.365 e. The Balaban J connectivity index is 1.75. The van der Waals surface area contributed by atoms with Crippen LogP contribution < -0.4 is 10.6 Å². The Labute approximate surface area is 128 Å². The van der Waals surface area contributed by atoms with E-state index < -0.39 is 5.41 Å². The number of carbonyl (C=O) groups excluding carboxylic acids is 2. The first-order valence-corrected chi connectivity index (χ1v) is 7.61. The number of carbonyl (C=O) groups is 2. The van der Waals surface area contributed by atoms with Crippen molar-refractivity contribution in [1.29, 1.82) is 0 Å². The van der Waals surface area contributed by atoms with Gasteiger partial charge in [-0.2, -0.15) is 0 Å². The summed E-state index contributed by atoms with van der Waals surface area (Å²) in [5, 5.41) is 5.92. The second-order valence-electron chi connectivity index (χ2n) is 6.08. The van der Waals surface area contributed by atoms with E-state index in [1.54, 1.807) is 12.1 Å². The number of rotatable bonds is 3. The highest BCUT2D eigenvalue weighted by Crippen LogP contribution is 2.41. The molecule has 2 aliphatic rings. The first-order chi connectivity index (χ1) is 10.5. The van der Waals surface area contributed by atoms with Crippen molar-refractivity contribution >= 4 is 11.7 Å². The molecular formula is C17H19FN2O2. The van der Waals surface area contributed by atoms with Gasteiger partial charge in [-0.3, -0.25) is 9.59 Å². The number of halogens is 1. The van der Waals surface area contributed by atoms with Gasteiger partial charge in [0.1, 0.15) is 17.1 Å². The maximum absolute atomic E-state index is 12.9. The minimum atomic E-state index is -0.843. The van der Waals surface area contributed by atoms with Crippen LogP contribution in [0.2, 0.25) is 0 Å². The zero-order chi connectivity index (χ0) is 15.7. The van der Waals surface area contributed by atoms with Gasteiger partial charge in [-0.05, 0) is 37.5 Å². The van der Waals surface area contributed by atoms with Gasteiger partial charge in [0, 0.05) is 12.1 Å². The number of allylic oxidation sites excluding steroid dienone is 1. The van der Waals surface area contributed by atoms with Crippen LogP contribution in [0, 0.1) is 11.2 Å². The molecule has 5 heteroatoms. The highest BCUT2D eigenvalue weighted by Gasteiger charge is 2.49. The standard InChI is InChI=1S/C17H19FN2O2/c1-11(12-4-6-13(18)7-5-12)19-15-10-14(21)17(16(22)20-15)8-2-3-9-17/h4-7,10-11,19H,2-3,8-9H2,1H3,(H,20,22)/t11-/m0/s1. The zero-order valence-electron chi connectivity index (χ0n) is 12.5. The van der Waals surface area contributed by atoms with Crippen LogP contribution in [0.1, 0.15) is 44.2 Å². The highest BCUT2D eigenvalue weighted by atomic mass is 19.1. The maximum atomic E-state index is 12.9. The van der Waals surface area contributed by atoms with Crippen LogP contribution >= 0.6 is 0 Å². The van der Waals surface area contributed by atoms with Crippen molar-refractivity contribution in [2.45, 2.75) is 38.6 Å². The van der Waals surface area contributed by atoms with Crippen molar-refractivity contribution in [3.8, 4) is 0 Å². The van der Waals surface area contributed by atoms with Crippen LogP contribution in [0.15, 0.2) is 36.2 Å². The van der Waals surface area contributed by atoms with E-state index in [2.05, 4.69) is 10.6 Å². The van der Waals surface area contributed by atoms with E-state index in [4.69, 9.17) is 0 Å². The van der Waals surface area contributed by atoms with Gasteiger partial charge in [0.25, 0.3) is 0 Å². The second-order valence-corrected chi connectivity index (χ2v) is 6.08. The van der Waals surface area contributed by atoms with Gasteiger partial charge in [-0.1, -0.05) is 25.0 Å². The maximum Gasteiger partial charge on any atom is 0.239 e. The molecule has 1 heterocycles. The molecule has 1 spiro atoms. The summed E-state index contributed by atoms with van der Waals surface area (Å²) in [4.78, 5) is 24.7. The summed E-state index contributed by atoms with van der Waals surface area (Å²) in [5.41, 5.74) is 0.0368. The monoisotopic (exact) mass is 302 g/mol. The average molecular weight is 302 g/mol. The van der Waals surface area contributed by atoms with Crippen molar-refractivity contribution in [2.75, 3.05) is 0 Å².